The van der Waals surface area contributed by atoms with E-state index in [-0.39, 0.29) is 7.05 Å². The molecule has 0 unspecified atom stereocenters. The Bertz CT molecular complexity index is 1820. The molecule has 3 fully saturated rings. The van der Waals surface area contributed by atoms with E-state index < -0.39 is 0 Å². The highest BCUT2D eigenvalue weighted by Crippen LogP contribution is 2.34. The summed E-state index contributed by atoms with van der Waals surface area (Å²) in [4.78, 5) is 10.3. The van der Waals surface area contributed by atoms with Crippen LogP contribution in [0.15, 0.2) is 97.1 Å². The first-order valence-corrected chi connectivity index (χ1v) is 23.4. The molecule has 3 aliphatic heterocycles. The highest BCUT2D eigenvalue weighted by atomic mass is 16.5. The summed E-state index contributed by atoms with van der Waals surface area (Å²) in [7, 11) is 1.97. The summed E-state index contributed by atoms with van der Waals surface area (Å²) in [6.07, 6.45) is 17.4. The Balaban J connectivity index is 0.000000160. The van der Waals surface area contributed by atoms with Crippen molar-refractivity contribution in [2.75, 3.05) is 56.2 Å². The van der Waals surface area contributed by atoms with Gasteiger partial charge in [0.25, 0.3) is 0 Å². The molecule has 7 heteroatoms. The van der Waals surface area contributed by atoms with Gasteiger partial charge in [-0.05, 0) is 163 Å². The molecule has 2 aliphatic carbocycles. The molecule has 316 valence electrons. The van der Waals surface area contributed by atoms with Crippen LogP contribution in [0.3, 0.4) is 0 Å². The average Bonchev–Trinajstić information content (AvgIpc) is 4.06. The van der Waals surface area contributed by atoms with Crippen molar-refractivity contribution in [1.29, 1.82) is 0 Å². The van der Waals surface area contributed by atoms with Gasteiger partial charge in [0.05, 0.1) is 0 Å². The van der Waals surface area contributed by atoms with Gasteiger partial charge < -0.3 is 29.3 Å². The molecule has 0 saturated carbocycles. The number of benzene rings is 4. The molecule has 1 N–H and O–H groups in total. The molecule has 59 heavy (non-hydrogen) atoms. The lowest BCUT2D eigenvalue weighted by molar-refractivity contribution is 0.177. The van der Waals surface area contributed by atoms with E-state index in [1.54, 1.807) is 11.1 Å². The Labute approximate surface area is 358 Å². The first-order chi connectivity index (χ1) is 28.9. The molecule has 0 radical (unpaired) electrons. The lowest BCUT2D eigenvalue weighted by Crippen LogP contribution is -2.49. The van der Waals surface area contributed by atoms with E-state index in [0.29, 0.717) is 18.1 Å². The molecule has 4 aromatic carbocycles. The average molecular weight is 797 g/mol. The molecule has 3 heterocycles. The van der Waals surface area contributed by atoms with Crippen LogP contribution in [0.2, 0.25) is 6.82 Å². The fourth-order valence-electron chi connectivity index (χ4n) is 10.7. The van der Waals surface area contributed by atoms with Gasteiger partial charge in [0.1, 0.15) is 0 Å². The van der Waals surface area contributed by atoms with Crippen LogP contribution in [-0.2, 0) is 30.4 Å². The maximum Gasteiger partial charge on any atom is 0.376 e. The SMILES string of the molecule is C1CCOC1.CB(O)N1CCCC[C@@H]1CCN(c1ccccc1C)C1Cc2ccccc2C1.Cc1ccccc1N(CC[C@H]1CCCCN1C)C1Cc2ccccc2C1. The van der Waals surface area contributed by atoms with Crippen LogP contribution in [0.4, 0.5) is 11.4 Å². The standard InChI is InChI=1S/C24H33BN2O.C24H32N2.C4H8O/c1-19-9-3-6-13-24(19)26(23-17-20-10-4-5-11-21(20)18-23)16-14-22-12-7-8-15-27(22)25(2)28;1-19-9-3-6-13-24(19)26(16-14-22-12-7-8-15-25(22)2)23-17-20-10-4-5-11-21(20)18-23;1-2-4-5-3-1/h3-6,9-11,13,22-23,28H,7-8,12,14-18H2,1-2H3;3-6,9-11,13,22-23H,7-8,12,14-18H2,1-2H3;1-4H2/t2*22-;/m11./s1. The van der Waals surface area contributed by atoms with Gasteiger partial charge in [-0.1, -0.05) is 97.8 Å². The molecule has 0 amide bonds. The number of aryl methyl sites for hydroxylation is 2. The summed E-state index contributed by atoms with van der Waals surface area (Å²) >= 11 is 0. The van der Waals surface area contributed by atoms with E-state index >= 15 is 0 Å². The van der Waals surface area contributed by atoms with Crippen molar-refractivity contribution in [2.45, 2.75) is 135 Å². The third-order valence-electron chi connectivity index (χ3n) is 14.1. The molecule has 9 rings (SSSR count). The second-order valence-electron chi connectivity index (χ2n) is 18.2. The number of anilines is 2. The minimum atomic E-state index is -0.340. The third kappa shape index (κ3) is 11.6. The van der Waals surface area contributed by atoms with Crippen LogP contribution in [0.25, 0.3) is 0 Å². The minimum absolute atomic E-state index is 0.340. The molecule has 0 bridgehead atoms. The summed E-state index contributed by atoms with van der Waals surface area (Å²) < 4.78 is 4.94. The van der Waals surface area contributed by atoms with Gasteiger partial charge in [-0.15, -0.1) is 0 Å². The van der Waals surface area contributed by atoms with Crippen LogP contribution >= 0.6 is 0 Å². The second kappa shape index (κ2) is 21.8. The van der Waals surface area contributed by atoms with Gasteiger partial charge in [0.15, 0.2) is 0 Å². The summed E-state index contributed by atoms with van der Waals surface area (Å²) in [5.74, 6) is 0. The number of nitrogens with zero attached hydrogens (tertiary/aromatic N) is 4. The molecular formula is C52H73BN4O2. The molecule has 0 aromatic heterocycles. The van der Waals surface area contributed by atoms with Crippen molar-refractivity contribution >= 4 is 18.4 Å². The van der Waals surface area contributed by atoms with Crippen molar-refractivity contribution in [3.63, 3.8) is 0 Å². The smallest absolute Gasteiger partial charge is 0.376 e. The quantitative estimate of drug-likeness (QED) is 0.153. The molecule has 5 aliphatic rings. The molecule has 6 nitrogen and oxygen atoms in total. The molecule has 3 saturated heterocycles. The van der Waals surface area contributed by atoms with E-state index in [4.69, 9.17) is 4.74 Å². The van der Waals surface area contributed by atoms with Crippen molar-refractivity contribution in [2.24, 2.45) is 0 Å². The van der Waals surface area contributed by atoms with Gasteiger partial charge in [-0.25, -0.2) is 0 Å². The van der Waals surface area contributed by atoms with Crippen LogP contribution in [0.5, 0.6) is 0 Å². The van der Waals surface area contributed by atoms with Gasteiger partial charge in [-0.3, -0.25) is 0 Å². The van der Waals surface area contributed by atoms with Crippen molar-refractivity contribution in [1.82, 2.24) is 9.71 Å². The Morgan fingerprint density at radius 3 is 1.42 bits per heavy atom. The van der Waals surface area contributed by atoms with Crippen LogP contribution in [-0.4, -0.2) is 92.4 Å². The fourth-order valence-corrected chi connectivity index (χ4v) is 10.7. The Morgan fingerprint density at radius 1 is 0.576 bits per heavy atom. The van der Waals surface area contributed by atoms with Crippen molar-refractivity contribution in [3.8, 4) is 0 Å². The van der Waals surface area contributed by atoms with E-state index in [2.05, 4.69) is 137 Å². The predicted molar refractivity (Wildman–Crippen MR) is 250 cm³/mol. The molecule has 0 spiro atoms. The topological polar surface area (TPSA) is 42.4 Å². The van der Waals surface area contributed by atoms with E-state index in [1.165, 1.54) is 117 Å². The highest BCUT2D eigenvalue weighted by Gasteiger charge is 2.32. The summed E-state index contributed by atoms with van der Waals surface area (Å²) in [6, 6.07) is 38.1. The Morgan fingerprint density at radius 2 is 1.00 bits per heavy atom. The van der Waals surface area contributed by atoms with Crippen molar-refractivity contribution in [3.05, 3.63) is 130 Å². The molecule has 2 atom stereocenters. The number of hydrogen-bond acceptors (Lipinski definition) is 6. The first kappa shape index (κ1) is 43.5. The summed E-state index contributed by atoms with van der Waals surface area (Å²) in [6.45, 7) is 12.9. The van der Waals surface area contributed by atoms with E-state index in [1.807, 2.05) is 6.82 Å². The number of para-hydroxylation sites is 2. The maximum atomic E-state index is 10.2. The lowest BCUT2D eigenvalue weighted by Gasteiger charge is -2.39. The van der Waals surface area contributed by atoms with E-state index in [9.17, 15) is 5.02 Å². The number of fused-ring (bicyclic) bond motifs is 2. The zero-order chi connectivity index (χ0) is 41.0. The van der Waals surface area contributed by atoms with Gasteiger partial charge >= 0.3 is 7.05 Å². The second-order valence-corrected chi connectivity index (χ2v) is 18.2. The normalized spacial score (nSPS) is 20.8. The summed E-state index contributed by atoms with van der Waals surface area (Å²) in [5.41, 5.74) is 11.7. The first-order valence-electron chi connectivity index (χ1n) is 23.4. The fraction of sp³-hybridized carbons (Fsp3) is 0.538. The number of piperidine rings is 2. The van der Waals surface area contributed by atoms with Gasteiger partial charge in [-0.2, -0.15) is 0 Å². The lowest BCUT2D eigenvalue weighted by atomic mass is 9.79. The minimum Gasteiger partial charge on any atom is -0.437 e. The predicted octanol–water partition coefficient (Wildman–Crippen LogP) is 9.96. The van der Waals surface area contributed by atoms with Crippen LogP contribution in [0.1, 0.15) is 97.6 Å². The monoisotopic (exact) mass is 797 g/mol. The Kier molecular flexibility index (Phi) is 16.0. The maximum absolute atomic E-state index is 10.2. The van der Waals surface area contributed by atoms with Crippen molar-refractivity contribution < 1.29 is 9.76 Å². The zero-order valence-electron chi connectivity index (χ0n) is 36.9. The zero-order valence-corrected chi connectivity index (χ0v) is 36.9. The van der Waals surface area contributed by atoms with Gasteiger partial charge in [0.2, 0.25) is 0 Å². The number of rotatable bonds is 11. The van der Waals surface area contributed by atoms with Crippen LogP contribution < -0.4 is 9.80 Å². The van der Waals surface area contributed by atoms with E-state index in [0.717, 1.165) is 51.6 Å². The van der Waals surface area contributed by atoms with Crippen LogP contribution in [0, 0.1) is 13.8 Å². The third-order valence-corrected chi connectivity index (χ3v) is 14.1. The number of ether oxygens (including phenoxy) is 1. The molecular weight excluding hydrogens is 723 g/mol. The molecule has 4 aromatic rings. The highest BCUT2D eigenvalue weighted by molar-refractivity contribution is 6.45. The Hall–Kier alpha value is -3.62. The summed E-state index contributed by atoms with van der Waals surface area (Å²) in [5, 5.41) is 10.2. The number of likely N-dealkylation sites (tertiary alicyclic amines) is 1. The number of hydrogen-bond donors (Lipinski definition) is 1. The van der Waals surface area contributed by atoms with Gasteiger partial charge in [0, 0.05) is 61.8 Å². The largest absolute Gasteiger partial charge is 0.437 e.